The Balaban J connectivity index is 2.02. The molecule has 134 valence electrons. The van der Waals surface area contributed by atoms with Crippen molar-refractivity contribution in [1.29, 1.82) is 0 Å². The van der Waals surface area contributed by atoms with Crippen molar-refractivity contribution in [2.75, 3.05) is 0 Å². The number of hydrogen-bond donors (Lipinski definition) is 0. The molecule has 0 radical (unpaired) electrons. The highest BCUT2D eigenvalue weighted by Crippen LogP contribution is 2.41. The zero-order valence-electron chi connectivity index (χ0n) is 13.9. The minimum atomic E-state index is -1.38. The van der Waals surface area contributed by atoms with E-state index in [1.807, 2.05) is 26.0 Å². The maximum absolute atomic E-state index is 14.5. The Morgan fingerprint density at radius 2 is 0.923 bits per heavy atom. The first-order valence-electron chi connectivity index (χ1n) is 7.72. The average Bonchev–Trinajstić information content (AvgIpc) is 2.61. The fourth-order valence-electron chi connectivity index (χ4n) is 2.36. The van der Waals surface area contributed by atoms with Gasteiger partial charge in [-0.2, -0.15) is 0 Å². The lowest BCUT2D eigenvalue weighted by Gasteiger charge is -2.12. The molecular formula is C20H14F4S2. The summed E-state index contributed by atoms with van der Waals surface area (Å²) in [5.74, 6) is -5.53. The lowest BCUT2D eigenvalue weighted by Crippen LogP contribution is -2.01. The fraction of sp³-hybridized carbons (Fsp3) is 0.100. The van der Waals surface area contributed by atoms with Crippen LogP contribution < -0.4 is 0 Å². The van der Waals surface area contributed by atoms with E-state index >= 15 is 0 Å². The smallest absolute Gasteiger partial charge is 0.177 e. The summed E-state index contributed by atoms with van der Waals surface area (Å²) >= 11 is 1.32. The van der Waals surface area contributed by atoms with E-state index in [-0.39, 0.29) is 0 Å². The van der Waals surface area contributed by atoms with Crippen LogP contribution in [0.1, 0.15) is 11.1 Å². The van der Waals surface area contributed by atoms with Crippen molar-refractivity contribution in [3.63, 3.8) is 0 Å². The molecule has 0 unspecified atom stereocenters. The Hall–Kier alpha value is -1.92. The van der Waals surface area contributed by atoms with Gasteiger partial charge in [0.15, 0.2) is 23.3 Å². The van der Waals surface area contributed by atoms with E-state index in [2.05, 4.69) is 0 Å². The quantitative estimate of drug-likeness (QED) is 0.340. The van der Waals surface area contributed by atoms with Crippen molar-refractivity contribution in [2.45, 2.75) is 33.4 Å². The first-order chi connectivity index (χ1) is 12.4. The van der Waals surface area contributed by atoms with Crippen molar-refractivity contribution in [3.8, 4) is 0 Å². The molecule has 0 atom stereocenters. The maximum atomic E-state index is 14.5. The van der Waals surface area contributed by atoms with E-state index in [1.54, 1.807) is 36.4 Å². The Morgan fingerprint density at radius 3 is 1.23 bits per heavy atom. The van der Waals surface area contributed by atoms with Crippen LogP contribution in [-0.4, -0.2) is 0 Å². The molecule has 0 saturated heterocycles. The Morgan fingerprint density at radius 1 is 0.577 bits per heavy atom. The molecule has 0 fully saturated rings. The molecule has 0 aliphatic heterocycles. The van der Waals surface area contributed by atoms with Crippen LogP contribution in [-0.2, 0) is 0 Å². The minimum Gasteiger partial charge on any atom is -0.202 e. The Bertz CT molecular complexity index is 863. The molecule has 3 aromatic carbocycles. The zero-order chi connectivity index (χ0) is 18.8. The fourth-order valence-corrected chi connectivity index (χ4v) is 4.34. The highest BCUT2D eigenvalue weighted by atomic mass is 32.2. The summed E-state index contributed by atoms with van der Waals surface area (Å²) < 4.78 is 57.8. The predicted molar refractivity (Wildman–Crippen MR) is 96.9 cm³/mol. The van der Waals surface area contributed by atoms with Crippen LogP contribution in [0.15, 0.2) is 68.1 Å². The van der Waals surface area contributed by atoms with Gasteiger partial charge in [0.1, 0.15) is 0 Å². The van der Waals surface area contributed by atoms with E-state index in [4.69, 9.17) is 0 Å². The van der Waals surface area contributed by atoms with Crippen molar-refractivity contribution >= 4 is 23.5 Å². The van der Waals surface area contributed by atoms with Gasteiger partial charge in [0.2, 0.25) is 0 Å². The largest absolute Gasteiger partial charge is 0.202 e. The van der Waals surface area contributed by atoms with Crippen LogP contribution in [0.3, 0.4) is 0 Å². The molecule has 0 amide bonds. The van der Waals surface area contributed by atoms with Crippen LogP contribution in [0.5, 0.6) is 0 Å². The van der Waals surface area contributed by atoms with Crippen LogP contribution in [0, 0.1) is 37.1 Å². The van der Waals surface area contributed by atoms with E-state index in [0.717, 1.165) is 11.1 Å². The SMILES string of the molecule is Cc1cccc(Sc2c(F)c(F)c(Sc3cccc(C)c3)c(F)c2F)c1. The summed E-state index contributed by atoms with van der Waals surface area (Å²) in [6.45, 7) is 3.64. The van der Waals surface area contributed by atoms with Gasteiger partial charge in [-0.15, -0.1) is 0 Å². The van der Waals surface area contributed by atoms with Crippen LogP contribution in [0.2, 0.25) is 0 Å². The molecule has 0 nitrogen and oxygen atoms in total. The number of benzene rings is 3. The molecule has 0 bridgehead atoms. The summed E-state index contributed by atoms with van der Waals surface area (Å²) in [6, 6.07) is 13.7. The van der Waals surface area contributed by atoms with Crippen molar-refractivity contribution < 1.29 is 17.6 Å². The summed E-state index contributed by atoms with van der Waals surface area (Å²) in [7, 11) is 0. The number of hydrogen-bond acceptors (Lipinski definition) is 2. The predicted octanol–water partition coefficient (Wildman–Crippen LogP) is 7.16. The van der Waals surface area contributed by atoms with Gasteiger partial charge in [-0.25, -0.2) is 17.6 Å². The molecule has 0 saturated carbocycles. The van der Waals surface area contributed by atoms with Gasteiger partial charge in [-0.05, 0) is 38.1 Å². The summed E-state index contributed by atoms with van der Waals surface area (Å²) in [5, 5.41) is 0. The van der Waals surface area contributed by atoms with Gasteiger partial charge in [-0.1, -0.05) is 58.9 Å². The summed E-state index contributed by atoms with van der Waals surface area (Å²) in [5.41, 5.74) is 1.76. The van der Waals surface area contributed by atoms with Crippen molar-refractivity contribution in [1.82, 2.24) is 0 Å². The maximum Gasteiger partial charge on any atom is 0.177 e. The van der Waals surface area contributed by atoms with Crippen LogP contribution in [0.25, 0.3) is 0 Å². The van der Waals surface area contributed by atoms with E-state index in [1.165, 1.54) is 0 Å². The molecule has 0 aliphatic carbocycles. The minimum absolute atomic E-state index is 0.501. The highest BCUT2D eigenvalue weighted by Gasteiger charge is 2.26. The monoisotopic (exact) mass is 394 g/mol. The molecule has 0 spiro atoms. The van der Waals surface area contributed by atoms with Gasteiger partial charge >= 0.3 is 0 Å². The first-order valence-corrected chi connectivity index (χ1v) is 9.35. The molecule has 3 aromatic rings. The Labute approximate surface area is 157 Å². The van der Waals surface area contributed by atoms with E-state index in [9.17, 15) is 17.6 Å². The second-order valence-corrected chi connectivity index (χ2v) is 7.92. The number of rotatable bonds is 4. The lowest BCUT2D eigenvalue weighted by molar-refractivity contribution is 0.401. The van der Waals surface area contributed by atoms with Gasteiger partial charge in [0, 0.05) is 9.79 Å². The normalized spacial score (nSPS) is 11.0. The number of aryl methyl sites for hydroxylation is 2. The molecule has 0 aromatic heterocycles. The molecule has 3 rings (SSSR count). The molecule has 0 aliphatic rings. The van der Waals surface area contributed by atoms with Crippen molar-refractivity contribution in [3.05, 3.63) is 82.9 Å². The summed E-state index contributed by atoms with van der Waals surface area (Å²) in [4.78, 5) is -0.361. The third-order valence-corrected chi connectivity index (χ3v) is 5.71. The van der Waals surface area contributed by atoms with E-state index in [0.29, 0.717) is 33.3 Å². The second-order valence-electron chi connectivity index (χ2n) is 5.75. The van der Waals surface area contributed by atoms with Gasteiger partial charge in [0.05, 0.1) is 9.79 Å². The lowest BCUT2D eigenvalue weighted by atomic mass is 10.2. The molecule has 26 heavy (non-hydrogen) atoms. The van der Waals surface area contributed by atoms with Gasteiger partial charge < -0.3 is 0 Å². The topological polar surface area (TPSA) is 0 Å². The van der Waals surface area contributed by atoms with Crippen molar-refractivity contribution in [2.24, 2.45) is 0 Å². The Kier molecular flexibility index (Phi) is 5.63. The van der Waals surface area contributed by atoms with Crippen LogP contribution in [0.4, 0.5) is 17.6 Å². The third kappa shape index (κ3) is 3.91. The standard InChI is InChI=1S/C20H14F4S2/c1-11-5-3-7-13(9-11)25-19-15(21)17(23)20(18(24)16(19)22)26-14-8-4-6-12(2)10-14/h3-10H,1-2H3. The molecule has 0 heterocycles. The molecule has 0 N–H and O–H groups in total. The van der Waals surface area contributed by atoms with Gasteiger partial charge in [-0.3, -0.25) is 0 Å². The zero-order valence-corrected chi connectivity index (χ0v) is 15.6. The highest BCUT2D eigenvalue weighted by molar-refractivity contribution is 7.99. The molecule has 6 heteroatoms. The summed E-state index contributed by atoms with van der Waals surface area (Å²) in [6.07, 6.45) is 0. The van der Waals surface area contributed by atoms with Crippen LogP contribution >= 0.6 is 23.5 Å². The van der Waals surface area contributed by atoms with E-state index < -0.39 is 33.1 Å². The first kappa shape index (κ1) is 18.9. The molecular weight excluding hydrogens is 380 g/mol. The average molecular weight is 394 g/mol. The van der Waals surface area contributed by atoms with Gasteiger partial charge in [0.25, 0.3) is 0 Å². The third-order valence-electron chi connectivity index (χ3n) is 3.60. The number of halogens is 4. The second kappa shape index (κ2) is 7.76.